The van der Waals surface area contributed by atoms with Crippen LogP contribution in [0.4, 0.5) is 0 Å². The standard InChI is InChI=1S/C14H19N3/c1-17-13(14(15)9-5-2-6-10-14)11-7-3-4-8-12(11)16-17/h3-4,7-8H,2,5-6,9-10,15H2,1H3. The van der Waals surface area contributed by atoms with Crippen LogP contribution in [0.15, 0.2) is 24.3 Å². The number of hydrogen-bond acceptors (Lipinski definition) is 2. The maximum absolute atomic E-state index is 6.63. The molecule has 2 aromatic rings. The Hall–Kier alpha value is -1.35. The molecule has 1 heterocycles. The first kappa shape index (κ1) is 10.8. The van der Waals surface area contributed by atoms with Crippen molar-refractivity contribution in [2.75, 3.05) is 0 Å². The summed E-state index contributed by atoms with van der Waals surface area (Å²) in [6, 6.07) is 8.30. The molecule has 1 aromatic carbocycles. The van der Waals surface area contributed by atoms with Crippen molar-refractivity contribution in [3.05, 3.63) is 30.0 Å². The van der Waals surface area contributed by atoms with E-state index < -0.39 is 0 Å². The van der Waals surface area contributed by atoms with Gasteiger partial charge in [-0.25, -0.2) is 0 Å². The van der Waals surface area contributed by atoms with Crippen molar-refractivity contribution in [3.8, 4) is 0 Å². The van der Waals surface area contributed by atoms with Gasteiger partial charge >= 0.3 is 0 Å². The lowest BCUT2D eigenvalue weighted by Crippen LogP contribution is -2.40. The molecule has 1 saturated carbocycles. The first-order valence-electron chi connectivity index (χ1n) is 6.42. The Kier molecular flexibility index (Phi) is 2.44. The second-order valence-electron chi connectivity index (χ2n) is 5.21. The number of benzene rings is 1. The summed E-state index contributed by atoms with van der Waals surface area (Å²) in [5.74, 6) is 0. The average Bonchev–Trinajstić information content (AvgIpc) is 2.66. The van der Waals surface area contributed by atoms with Crippen LogP contribution in [0.25, 0.3) is 10.9 Å². The van der Waals surface area contributed by atoms with Gasteiger partial charge in [-0.1, -0.05) is 37.5 Å². The first-order valence-corrected chi connectivity index (χ1v) is 6.42. The van der Waals surface area contributed by atoms with Gasteiger partial charge in [-0.2, -0.15) is 5.10 Å². The van der Waals surface area contributed by atoms with Gasteiger partial charge < -0.3 is 5.73 Å². The highest BCUT2D eigenvalue weighted by Gasteiger charge is 2.33. The Labute approximate surface area is 102 Å². The van der Waals surface area contributed by atoms with Gasteiger partial charge in [0.2, 0.25) is 0 Å². The summed E-state index contributed by atoms with van der Waals surface area (Å²) in [6.45, 7) is 0. The van der Waals surface area contributed by atoms with E-state index in [1.807, 2.05) is 17.8 Å². The third-order valence-corrected chi connectivity index (χ3v) is 3.96. The lowest BCUT2D eigenvalue weighted by Gasteiger charge is -2.33. The Morgan fingerprint density at radius 3 is 2.65 bits per heavy atom. The molecule has 3 rings (SSSR count). The van der Waals surface area contributed by atoms with E-state index in [1.54, 1.807) is 0 Å². The highest BCUT2D eigenvalue weighted by molar-refractivity contribution is 5.82. The quantitative estimate of drug-likeness (QED) is 0.817. The molecule has 3 nitrogen and oxygen atoms in total. The second-order valence-corrected chi connectivity index (χ2v) is 5.21. The third kappa shape index (κ3) is 1.65. The Morgan fingerprint density at radius 2 is 1.88 bits per heavy atom. The van der Waals surface area contributed by atoms with E-state index in [4.69, 9.17) is 5.73 Å². The normalized spacial score (nSPS) is 19.6. The zero-order valence-electron chi connectivity index (χ0n) is 10.3. The largest absolute Gasteiger partial charge is 0.320 e. The van der Waals surface area contributed by atoms with Gasteiger partial charge in [0.05, 0.1) is 16.7 Å². The van der Waals surface area contributed by atoms with Crippen LogP contribution in [0.2, 0.25) is 0 Å². The number of rotatable bonds is 1. The van der Waals surface area contributed by atoms with E-state index in [2.05, 4.69) is 23.3 Å². The molecular formula is C14H19N3. The number of nitrogens with two attached hydrogens (primary N) is 1. The van der Waals surface area contributed by atoms with E-state index >= 15 is 0 Å². The molecule has 0 radical (unpaired) electrons. The summed E-state index contributed by atoms with van der Waals surface area (Å²) < 4.78 is 1.98. The lowest BCUT2D eigenvalue weighted by atomic mass is 9.79. The molecule has 0 spiro atoms. The molecule has 0 atom stereocenters. The highest BCUT2D eigenvalue weighted by atomic mass is 15.3. The lowest BCUT2D eigenvalue weighted by molar-refractivity contribution is 0.288. The van der Waals surface area contributed by atoms with Crippen LogP contribution in [0, 0.1) is 0 Å². The zero-order chi connectivity index (χ0) is 11.9. The fourth-order valence-electron chi connectivity index (χ4n) is 3.16. The predicted molar refractivity (Wildman–Crippen MR) is 69.7 cm³/mol. The van der Waals surface area contributed by atoms with Gasteiger partial charge in [0.15, 0.2) is 0 Å². The van der Waals surface area contributed by atoms with Crippen molar-refractivity contribution in [1.29, 1.82) is 0 Å². The number of hydrogen-bond donors (Lipinski definition) is 1. The summed E-state index contributed by atoms with van der Waals surface area (Å²) in [4.78, 5) is 0. The SMILES string of the molecule is Cn1nc2ccccc2c1C1(N)CCCCC1. The van der Waals surface area contributed by atoms with Gasteiger partial charge in [0.1, 0.15) is 0 Å². The minimum absolute atomic E-state index is 0.177. The average molecular weight is 229 g/mol. The van der Waals surface area contributed by atoms with Crippen LogP contribution in [0.5, 0.6) is 0 Å². The summed E-state index contributed by atoms with van der Waals surface area (Å²) in [5, 5.41) is 5.79. The molecule has 17 heavy (non-hydrogen) atoms. The summed E-state index contributed by atoms with van der Waals surface area (Å²) in [7, 11) is 2.01. The van der Waals surface area contributed by atoms with E-state index in [-0.39, 0.29) is 5.54 Å². The molecule has 3 heteroatoms. The van der Waals surface area contributed by atoms with Gasteiger partial charge in [-0.05, 0) is 18.9 Å². The van der Waals surface area contributed by atoms with Crippen molar-refractivity contribution in [2.45, 2.75) is 37.6 Å². The maximum Gasteiger partial charge on any atom is 0.0926 e. The third-order valence-electron chi connectivity index (χ3n) is 3.96. The van der Waals surface area contributed by atoms with Gasteiger partial charge in [0.25, 0.3) is 0 Å². The number of fused-ring (bicyclic) bond motifs is 1. The highest BCUT2D eigenvalue weighted by Crippen LogP contribution is 2.37. The first-order chi connectivity index (χ1) is 8.21. The fourth-order valence-corrected chi connectivity index (χ4v) is 3.16. The molecule has 0 bridgehead atoms. The smallest absolute Gasteiger partial charge is 0.0926 e. The monoisotopic (exact) mass is 229 g/mol. The minimum atomic E-state index is -0.177. The van der Waals surface area contributed by atoms with Crippen molar-refractivity contribution in [1.82, 2.24) is 9.78 Å². The van der Waals surface area contributed by atoms with Crippen molar-refractivity contribution < 1.29 is 0 Å². The molecule has 0 amide bonds. The Morgan fingerprint density at radius 1 is 1.18 bits per heavy atom. The summed E-state index contributed by atoms with van der Waals surface area (Å²) in [5.41, 5.74) is 8.72. The molecule has 90 valence electrons. The van der Waals surface area contributed by atoms with Gasteiger partial charge in [-0.3, -0.25) is 4.68 Å². The predicted octanol–water partition coefficient (Wildman–Crippen LogP) is 2.69. The molecule has 0 unspecified atom stereocenters. The maximum atomic E-state index is 6.63. The molecule has 1 aliphatic rings. The van der Waals surface area contributed by atoms with Crippen LogP contribution >= 0.6 is 0 Å². The Bertz CT molecular complexity index is 535. The van der Waals surface area contributed by atoms with Crippen LogP contribution < -0.4 is 5.73 Å². The molecule has 2 N–H and O–H groups in total. The van der Waals surface area contributed by atoms with Gasteiger partial charge in [0, 0.05) is 12.4 Å². The van der Waals surface area contributed by atoms with E-state index in [1.165, 1.54) is 30.3 Å². The minimum Gasteiger partial charge on any atom is -0.320 e. The molecule has 1 aromatic heterocycles. The molecule has 0 aliphatic heterocycles. The zero-order valence-corrected chi connectivity index (χ0v) is 10.3. The van der Waals surface area contributed by atoms with Crippen molar-refractivity contribution in [3.63, 3.8) is 0 Å². The number of aromatic nitrogens is 2. The van der Waals surface area contributed by atoms with Gasteiger partial charge in [-0.15, -0.1) is 0 Å². The van der Waals surface area contributed by atoms with E-state index in [0.29, 0.717) is 0 Å². The molecular weight excluding hydrogens is 210 g/mol. The van der Waals surface area contributed by atoms with E-state index in [0.717, 1.165) is 18.4 Å². The molecule has 1 aliphatic carbocycles. The topological polar surface area (TPSA) is 43.8 Å². The van der Waals surface area contributed by atoms with Crippen molar-refractivity contribution in [2.24, 2.45) is 12.8 Å². The fraction of sp³-hybridized carbons (Fsp3) is 0.500. The van der Waals surface area contributed by atoms with Crippen LogP contribution in [0.1, 0.15) is 37.8 Å². The number of aryl methyl sites for hydroxylation is 1. The van der Waals surface area contributed by atoms with Crippen LogP contribution in [-0.2, 0) is 12.6 Å². The molecule has 1 fully saturated rings. The van der Waals surface area contributed by atoms with E-state index in [9.17, 15) is 0 Å². The Balaban J connectivity index is 2.18. The summed E-state index contributed by atoms with van der Waals surface area (Å²) >= 11 is 0. The summed E-state index contributed by atoms with van der Waals surface area (Å²) in [6.07, 6.45) is 5.94. The molecule has 0 saturated heterocycles. The number of nitrogens with zero attached hydrogens (tertiary/aromatic N) is 2. The van der Waals surface area contributed by atoms with Crippen LogP contribution in [-0.4, -0.2) is 9.78 Å². The second kappa shape index (κ2) is 3.84. The van der Waals surface area contributed by atoms with Crippen LogP contribution in [0.3, 0.4) is 0 Å². The van der Waals surface area contributed by atoms with Crippen molar-refractivity contribution >= 4 is 10.9 Å².